The van der Waals surface area contributed by atoms with E-state index in [4.69, 9.17) is 13.9 Å². The summed E-state index contributed by atoms with van der Waals surface area (Å²) < 4.78 is 15.2. The second-order valence-electron chi connectivity index (χ2n) is 7.69. The Kier molecular flexibility index (Phi) is 7.61. The van der Waals surface area contributed by atoms with E-state index >= 15 is 0 Å². The number of nitrogens with zero attached hydrogens (tertiary/aromatic N) is 1. The first-order valence-electron chi connectivity index (χ1n) is 10.5. The van der Waals surface area contributed by atoms with E-state index < -0.39 is 11.9 Å². The van der Waals surface area contributed by atoms with Crippen molar-refractivity contribution in [3.05, 3.63) is 71.2 Å². The monoisotopic (exact) mass is 450 g/mol. The maximum atomic E-state index is 12.5. The molecule has 0 atom stereocenters. The van der Waals surface area contributed by atoms with Crippen LogP contribution in [0.3, 0.4) is 0 Å². The molecule has 1 aromatic heterocycles. The van der Waals surface area contributed by atoms with Crippen LogP contribution >= 0.6 is 0 Å². The molecule has 0 fully saturated rings. The number of hydrogen-bond acceptors (Lipinski definition) is 7. The van der Waals surface area contributed by atoms with Gasteiger partial charge < -0.3 is 19.2 Å². The highest BCUT2D eigenvalue weighted by molar-refractivity contribution is 6.03. The number of ether oxygens (including phenoxy) is 2. The van der Waals surface area contributed by atoms with E-state index in [1.54, 1.807) is 6.20 Å². The largest absolute Gasteiger partial charge is 0.465 e. The van der Waals surface area contributed by atoms with Crippen molar-refractivity contribution in [2.24, 2.45) is 0 Å². The van der Waals surface area contributed by atoms with Gasteiger partial charge in [-0.1, -0.05) is 38.1 Å². The molecule has 0 unspecified atom stereocenters. The van der Waals surface area contributed by atoms with Crippen LogP contribution in [0, 0.1) is 0 Å². The Labute approximate surface area is 191 Å². The van der Waals surface area contributed by atoms with Crippen molar-refractivity contribution >= 4 is 23.5 Å². The summed E-state index contributed by atoms with van der Waals surface area (Å²) in [6.07, 6.45) is 1.96. The molecule has 0 saturated heterocycles. The van der Waals surface area contributed by atoms with Gasteiger partial charge in [-0.2, -0.15) is 0 Å². The number of esters is 2. The molecule has 33 heavy (non-hydrogen) atoms. The molecule has 0 saturated carbocycles. The highest BCUT2D eigenvalue weighted by atomic mass is 16.5. The van der Waals surface area contributed by atoms with Gasteiger partial charge in [-0.25, -0.2) is 14.6 Å². The SMILES string of the molecule is COC(=O)c1ccc(C(=O)OC)c(NC(=O)CCc2ncc(-c3ccc(C(C)C)cc3)o2)c1. The lowest BCUT2D eigenvalue weighted by atomic mass is 10.0. The number of aromatic nitrogens is 1. The molecular formula is C25H26N2O6. The first-order chi connectivity index (χ1) is 15.8. The number of methoxy groups -OCH3 is 2. The Morgan fingerprint density at radius 3 is 2.33 bits per heavy atom. The highest BCUT2D eigenvalue weighted by Gasteiger charge is 2.18. The zero-order chi connectivity index (χ0) is 24.0. The van der Waals surface area contributed by atoms with Gasteiger partial charge in [0.05, 0.1) is 37.2 Å². The summed E-state index contributed by atoms with van der Waals surface area (Å²) >= 11 is 0. The maximum absolute atomic E-state index is 12.5. The Bertz CT molecular complexity index is 1150. The molecule has 0 aliphatic carbocycles. The normalized spacial score (nSPS) is 10.7. The fraction of sp³-hybridized carbons (Fsp3) is 0.280. The first-order valence-corrected chi connectivity index (χ1v) is 10.5. The maximum Gasteiger partial charge on any atom is 0.339 e. The summed E-state index contributed by atoms with van der Waals surface area (Å²) in [5.74, 6) is -0.110. The zero-order valence-electron chi connectivity index (χ0n) is 19.0. The zero-order valence-corrected chi connectivity index (χ0v) is 19.0. The number of hydrogen-bond donors (Lipinski definition) is 1. The second-order valence-corrected chi connectivity index (χ2v) is 7.69. The summed E-state index contributed by atoms with van der Waals surface area (Å²) in [7, 11) is 2.48. The Morgan fingerprint density at radius 2 is 1.70 bits per heavy atom. The molecule has 1 amide bonds. The van der Waals surface area contributed by atoms with Crippen LogP contribution in [-0.4, -0.2) is 37.0 Å². The van der Waals surface area contributed by atoms with Crippen LogP contribution in [0.1, 0.15) is 58.4 Å². The lowest BCUT2D eigenvalue weighted by molar-refractivity contribution is -0.116. The molecule has 2 aromatic carbocycles. The van der Waals surface area contributed by atoms with Crippen LogP contribution < -0.4 is 5.32 Å². The Balaban J connectivity index is 1.67. The average Bonchev–Trinajstić information content (AvgIpc) is 3.31. The van der Waals surface area contributed by atoms with E-state index in [1.807, 2.05) is 12.1 Å². The van der Waals surface area contributed by atoms with Gasteiger partial charge in [-0.05, 0) is 29.7 Å². The number of aryl methyl sites for hydroxylation is 1. The van der Waals surface area contributed by atoms with Gasteiger partial charge in [0.15, 0.2) is 11.7 Å². The lowest BCUT2D eigenvalue weighted by Gasteiger charge is -2.11. The van der Waals surface area contributed by atoms with Gasteiger partial charge in [0.1, 0.15) is 0 Å². The molecule has 172 valence electrons. The first kappa shape index (κ1) is 23.7. The van der Waals surface area contributed by atoms with E-state index in [0.29, 0.717) is 17.6 Å². The average molecular weight is 450 g/mol. The quantitative estimate of drug-likeness (QED) is 0.499. The predicted octanol–water partition coefficient (Wildman–Crippen LogP) is 4.61. The van der Waals surface area contributed by atoms with Crippen molar-refractivity contribution in [1.29, 1.82) is 0 Å². The summed E-state index contributed by atoms with van der Waals surface area (Å²) in [4.78, 5) is 40.6. The highest BCUT2D eigenvalue weighted by Crippen LogP contribution is 2.24. The van der Waals surface area contributed by atoms with Crippen molar-refractivity contribution in [1.82, 2.24) is 4.98 Å². The lowest BCUT2D eigenvalue weighted by Crippen LogP contribution is -2.17. The fourth-order valence-electron chi connectivity index (χ4n) is 3.21. The number of rotatable bonds is 8. The summed E-state index contributed by atoms with van der Waals surface area (Å²) in [6.45, 7) is 4.26. The molecule has 1 heterocycles. The van der Waals surface area contributed by atoms with Crippen molar-refractivity contribution in [3.8, 4) is 11.3 Å². The third-order valence-electron chi connectivity index (χ3n) is 5.10. The number of nitrogens with one attached hydrogen (secondary N) is 1. The van der Waals surface area contributed by atoms with Crippen LogP contribution in [0.15, 0.2) is 53.1 Å². The molecule has 0 aliphatic heterocycles. The summed E-state index contributed by atoms with van der Waals surface area (Å²) in [5.41, 5.74) is 2.62. The number of amides is 1. The molecule has 0 radical (unpaired) electrons. The number of benzene rings is 2. The Morgan fingerprint density at radius 1 is 1.00 bits per heavy atom. The van der Waals surface area contributed by atoms with Crippen molar-refractivity contribution in [2.45, 2.75) is 32.6 Å². The van der Waals surface area contributed by atoms with Gasteiger partial charge in [-0.3, -0.25) is 4.79 Å². The minimum absolute atomic E-state index is 0.0648. The third-order valence-corrected chi connectivity index (χ3v) is 5.10. The minimum Gasteiger partial charge on any atom is -0.465 e. The molecular weight excluding hydrogens is 424 g/mol. The van der Waals surface area contributed by atoms with Gasteiger partial charge >= 0.3 is 11.9 Å². The van der Waals surface area contributed by atoms with Crippen LogP contribution in [-0.2, 0) is 20.7 Å². The van der Waals surface area contributed by atoms with Crippen molar-refractivity contribution in [3.63, 3.8) is 0 Å². The molecule has 8 heteroatoms. The smallest absolute Gasteiger partial charge is 0.339 e. The van der Waals surface area contributed by atoms with E-state index in [-0.39, 0.29) is 35.6 Å². The topological polar surface area (TPSA) is 108 Å². The van der Waals surface area contributed by atoms with E-state index in [2.05, 4.69) is 36.3 Å². The van der Waals surface area contributed by atoms with E-state index in [9.17, 15) is 14.4 Å². The molecule has 0 spiro atoms. The number of anilines is 1. The van der Waals surface area contributed by atoms with Gasteiger partial charge in [-0.15, -0.1) is 0 Å². The Hall–Kier alpha value is -3.94. The molecule has 8 nitrogen and oxygen atoms in total. The van der Waals surface area contributed by atoms with Gasteiger partial charge in [0.2, 0.25) is 5.91 Å². The second kappa shape index (κ2) is 10.6. The fourth-order valence-corrected chi connectivity index (χ4v) is 3.21. The number of carbonyl (C=O) groups excluding carboxylic acids is 3. The van der Waals surface area contributed by atoms with Gasteiger partial charge in [0.25, 0.3) is 0 Å². The molecule has 0 aliphatic rings. The van der Waals surface area contributed by atoms with Crippen LogP contribution in [0.25, 0.3) is 11.3 Å². The number of oxazole rings is 1. The van der Waals surface area contributed by atoms with Crippen molar-refractivity contribution in [2.75, 3.05) is 19.5 Å². The molecule has 0 bridgehead atoms. The van der Waals surface area contributed by atoms with E-state index in [0.717, 1.165) is 5.56 Å². The van der Waals surface area contributed by atoms with Crippen molar-refractivity contribution < 1.29 is 28.3 Å². The van der Waals surface area contributed by atoms with Crippen LogP contribution in [0.4, 0.5) is 5.69 Å². The van der Waals surface area contributed by atoms with Crippen LogP contribution in [0.5, 0.6) is 0 Å². The van der Waals surface area contributed by atoms with Crippen LogP contribution in [0.2, 0.25) is 0 Å². The molecule has 1 N–H and O–H groups in total. The minimum atomic E-state index is -0.637. The predicted molar refractivity (Wildman–Crippen MR) is 122 cm³/mol. The van der Waals surface area contributed by atoms with E-state index in [1.165, 1.54) is 38.0 Å². The molecule has 3 aromatic rings. The molecule has 3 rings (SSSR count). The third kappa shape index (κ3) is 5.85. The summed E-state index contributed by atoms with van der Waals surface area (Å²) in [6, 6.07) is 12.3. The standard InChI is InChI=1S/C25H26N2O6/c1-15(2)16-5-7-17(8-6-16)21-14-26-23(33-21)12-11-22(28)27-20-13-18(24(29)31-3)9-10-19(20)25(30)32-4/h5-10,13-15H,11-12H2,1-4H3,(H,27,28). The number of carbonyl (C=O) groups is 3. The van der Waals surface area contributed by atoms with Gasteiger partial charge in [0, 0.05) is 18.4 Å². The summed E-state index contributed by atoms with van der Waals surface area (Å²) in [5, 5.41) is 2.65.